The van der Waals surface area contributed by atoms with E-state index >= 15 is 0 Å². The van der Waals surface area contributed by atoms with Gasteiger partial charge in [0.05, 0.1) is 17.6 Å². The van der Waals surface area contributed by atoms with Gasteiger partial charge in [-0.1, -0.05) is 22.9 Å². The second-order valence-electron chi connectivity index (χ2n) is 8.02. The van der Waals surface area contributed by atoms with Crippen LogP contribution in [0.1, 0.15) is 46.1 Å². The minimum absolute atomic E-state index is 0.133. The van der Waals surface area contributed by atoms with E-state index in [1.807, 2.05) is 44.3 Å². The zero-order valence-electron chi connectivity index (χ0n) is 18.4. The van der Waals surface area contributed by atoms with Crippen LogP contribution in [0.2, 0.25) is 0 Å². The molecule has 0 saturated carbocycles. The highest BCUT2D eigenvalue weighted by molar-refractivity contribution is 9.10. The van der Waals surface area contributed by atoms with Gasteiger partial charge in [-0.05, 0) is 55.7 Å². The first-order chi connectivity index (χ1) is 15.4. The van der Waals surface area contributed by atoms with E-state index in [4.69, 9.17) is 0 Å². The van der Waals surface area contributed by atoms with E-state index in [0.29, 0.717) is 17.7 Å². The molecule has 3 heterocycles. The number of benzene rings is 1. The number of hydrogen-bond acceptors (Lipinski definition) is 3. The second kappa shape index (κ2) is 9.16. The van der Waals surface area contributed by atoms with Crippen LogP contribution in [0, 0.1) is 13.8 Å². The van der Waals surface area contributed by atoms with Gasteiger partial charge in [0, 0.05) is 52.8 Å². The highest BCUT2D eigenvalue weighted by Crippen LogP contribution is 2.29. The summed E-state index contributed by atoms with van der Waals surface area (Å²) < 4.78 is 4.79. The van der Waals surface area contributed by atoms with Crippen molar-refractivity contribution in [1.29, 1.82) is 0 Å². The smallest absolute Gasteiger partial charge is 0.253 e. The van der Waals surface area contributed by atoms with E-state index in [-0.39, 0.29) is 18.0 Å². The standard InChI is InChI=1S/C24H26BrN5O2/c1-4-7-29-13-15(2)22-19(10-18(25)11-21(22)29)23(31)26-12-20-17(9-16(3)28-24(20)32)14-30-8-5-6-27-30/h5-6,8-11,13H,4,7,12,14H2,1-3H3,(H,26,31)(H,28,32). The van der Waals surface area contributed by atoms with Gasteiger partial charge in [0.15, 0.2) is 0 Å². The van der Waals surface area contributed by atoms with Crippen molar-refractivity contribution in [2.24, 2.45) is 0 Å². The van der Waals surface area contributed by atoms with Crippen LogP contribution < -0.4 is 10.9 Å². The van der Waals surface area contributed by atoms with E-state index in [0.717, 1.165) is 45.2 Å². The van der Waals surface area contributed by atoms with Crippen molar-refractivity contribution in [3.05, 3.63) is 85.6 Å². The van der Waals surface area contributed by atoms with E-state index in [1.54, 1.807) is 10.9 Å². The summed E-state index contributed by atoms with van der Waals surface area (Å²) in [6.45, 7) is 7.48. The SMILES string of the molecule is CCCn1cc(C)c2c(C(=O)NCc3c(Cn4cccn4)cc(C)[nH]c3=O)cc(Br)cc21. The Hall–Kier alpha value is -3.13. The number of H-pyrrole nitrogens is 1. The normalized spacial score (nSPS) is 11.2. The fraction of sp³-hybridized carbons (Fsp3) is 0.292. The number of nitrogens with zero attached hydrogens (tertiary/aromatic N) is 3. The summed E-state index contributed by atoms with van der Waals surface area (Å²) in [4.78, 5) is 28.8. The molecule has 3 aromatic heterocycles. The summed E-state index contributed by atoms with van der Waals surface area (Å²) in [5.74, 6) is -0.210. The quantitative estimate of drug-likeness (QED) is 0.400. The maximum Gasteiger partial charge on any atom is 0.253 e. The molecule has 0 radical (unpaired) electrons. The largest absolute Gasteiger partial charge is 0.348 e. The first-order valence-corrected chi connectivity index (χ1v) is 11.4. The molecule has 0 spiro atoms. The van der Waals surface area contributed by atoms with Crippen molar-refractivity contribution in [2.75, 3.05) is 0 Å². The minimum Gasteiger partial charge on any atom is -0.348 e. The number of halogens is 1. The molecule has 1 aromatic carbocycles. The number of fused-ring (bicyclic) bond motifs is 1. The van der Waals surface area contributed by atoms with Crippen LogP contribution in [0.5, 0.6) is 0 Å². The Labute approximate surface area is 194 Å². The van der Waals surface area contributed by atoms with Gasteiger partial charge < -0.3 is 14.9 Å². The molecule has 32 heavy (non-hydrogen) atoms. The number of amides is 1. The molecule has 7 nitrogen and oxygen atoms in total. The number of aromatic amines is 1. The average molecular weight is 496 g/mol. The number of carbonyl (C=O) groups excluding carboxylic acids is 1. The van der Waals surface area contributed by atoms with Crippen molar-refractivity contribution in [1.82, 2.24) is 24.6 Å². The van der Waals surface area contributed by atoms with Gasteiger partial charge in [-0.2, -0.15) is 5.10 Å². The van der Waals surface area contributed by atoms with Crippen molar-refractivity contribution in [3.8, 4) is 0 Å². The monoisotopic (exact) mass is 495 g/mol. The summed E-state index contributed by atoms with van der Waals surface area (Å²) in [7, 11) is 0. The molecular formula is C24H26BrN5O2. The fourth-order valence-electron chi connectivity index (χ4n) is 4.16. The van der Waals surface area contributed by atoms with Gasteiger partial charge in [-0.15, -0.1) is 0 Å². The summed E-state index contributed by atoms with van der Waals surface area (Å²) in [6.07, 6.45) is 6.64. The molecule has 4 rings (SSSR count). The number of rotatable bonds is 7. The van der Waals surface area contributed by atoms with Gasteiger partial charge in [0.2, 0.25) is 0 Å². The average Bonchev–Trinajstić information content (AvgIpc) is 3.35. The molecule has 0 fully saturated rings. The maximum atomic E-state index is 13.2. The van der Waals surface area contributed by atoms with Crippen LogP contribution >= 0.6 is 15.9 Å². The Morgan fingerprint density at radius 2 is 2.06 bits per heavy atom. The van der Waals surface area contributed by atoms with E-state index in [2.05, 4.69) is 49.0 Å². The van der Waals surface area contributed by atoms with Gasteiger partial charge in [0.1, 0.15) is 0 Å². The lowest BCUT2D eigenvalue weighted by atomic mass is 10.1. The molecule has 0 bridgehead atoms. The third-order valence-electron chi connectivity index (χ3n) is 5.53. The predicted molar refractivity (Wildman–Crippen MR) is 129 cm³/mol. The maximum absolute atomic E-state index is 13.2. The topological polar surface area (TPSA) is 84.7 Å². The Morgan fingerprint density at radius 1 is 1.25 bits per heavy atom. The molecule has 4 aromatic rings. The summed E-state index contributed by atoms with van der Waals surface area (Å²) in [6, 6.07) is 7.65. The van der Waals surface area contributed by atoms with Crippen LogP contribution in [-0.4, -0.2) is 25.2 Å². The molecule has 0 aliphatic carbocycles. The molecule has 0 aliphatic heterocycles. The first-order valence-electron chi connectivity index (χ1n) is 10.6. The summed E-state index contributed by atoms with van der Waals surface area (Å²) in [5.41, 5.74) is 4.62. The highest BCUT2D eigenvalue weighted by Gasteiger charge is 2.18. The highest BCUT2D eigenvalue weighted by atomic mass is 79.9. The number of pyridine rings is 1. The zero-order valence-corrected chi connectivity index (χ0v) is 20.0. The third-order valence-corrected chi connectivity index (χ3v) is 5.98. The molecule has 0 saturated heterocycles. The molecule has 8 heteroatoms. The Morgan fingerprint density at radius 3 is 2.78 bits per heavy atom. The molecular weight excluding hydrogens is 470 g/mol. The first kappa shape index (κ1) is 22.1. The molecule has 0 aliphatic rings. The number of aryl methyl sites for hydroxylation is 3. The lowest BCUT2D eigenvalue weighted by Gasteiger charge is -2.13. The molecule has 0 unspecified atom stereocenters. The molecule has 2 N–H and O–H groups in total. The Kier molecular flexibility index (Phi) is 6.32. The Bertz CT molecular complexity index is 1330. The molecule has 1 amide bonds. The van der Waals surface area contributed by atoms with Gasteiger partial charge in [-0.3, -0.25) is 14.3 Å². The van der Waals surface area contributed by atoms with Crippen LogP contribution in [0.15, 0.2) is 52.1 Å². The van der Waals surface area contributed by atoms with E-state index in [9.17, 15) is 9.59 Å². The van der Waals surface area contributed by atoms with Crippen molar-refractivity contribution < 1.29 is 4.79 Å². The lowest BCUT2D eigenvalue weighted by Crippen LogP contribution is -2.29. The third kappa shape index (κ3) is 4.41. The number of hydrogen-bond donors (Lipinski definition) is 2. The summed E-state index contributed by atoms with van der Waals surface area (Å²) in [5, 5.41) is 8.14. The number of carbonyl (C=O) groups is 1. The zero-order chi connectivity index (χ0) is 22.8. The minimum atomic E-state index is -0.210. The van der Waals surface area contributed by atoms with Crippen molar-refractivity contribution in [2.45, 2.75) is 46.8 Å². The van der Waals surface area contributed by atoms with Crippen molar-refractivity contribution in [3.63, 3.8) is 0 Å². The fourth-order valence-corrected chi connectivity index (χ4v) is 4.60. The van der Waals surface area contributed by atoms with Crippen LogP contribution in [0.25, 0.3) is 10.9 Å². The van der Waals surface area contributed by atoms with Crippen LogP contribution in [0.3, 0.4) is 0 Å². The van der Waals surface area contributed by atoms with Gasteiger partial charge in [0.25, 0.3) is 11.5 Å². The van der Waals surface area contributed by atoms with E-state index in [1.165, 1.54) is 0 Å². The summed E-state index contributed by atoms with van der Waals surface area (Å²) >= 11 is 3.55. The van der Waals surface area contributed by atoms with Crippen LogP contribution in [-0.2, 0) is 19.6 Å². The molecule has 166 valence electrons. The van der Waals surface area contributed by atoms with E-state index < -0.39 is 0 Å². The second-order valence-corrected chi connectivity index (χ2v) is 8.94. The molecule has 0 atom stereocenters. The predicted octanol–water partition coefficient (Wildman–Crippen LogP) is 4.29. The Balaban J connectivity index is 1.65. The van der Waals surface area contributed by atoms with Gasteiger partial charge >= 0.3 is 0 Å². The van der Waals surface area contributed by atoms with Gasteiger partial charge in [-0.25, -0.2) is 0 Å². The van der Waals surface area contributed by atoms with Crippen LogP contribution in [0.4, 0.5) is 0 Å². The van der Waals surface area contributed by atoms with Crippen molar-refractivity contribution >= 4 is 32.7 Å². The number of aromatic nitrogens is 4. The number of nitrogens with one attached hydrogen (secondary N) is 2. The lowest BCUT2D eigenvalue weighted by molar-refractivity contribution is 0.0952.